The lowest BCUT2D eigenvalue weighted by atomic mass is 10.0. The van der Waals surface area contributed by atoms with E-state index in [9.17, 15) is 0 Å². The van der Waals surface area contributed by atoms with Crippen LogP contribution >= 0.6 is 0 Å². The summed E-state index contributed by atoms with van der Waals surface area (Å²) in [4.78, 5) is 5.30. The minimum Gasteiger partial charge on any atom is -0.492 e. The Bertz CT molecular complexity index is 529. The Kier molecular flexibility index (Phi) is 5.09. The van der Waals surface area contributed by atoms with E-state index in [1.807, 2.05) is 0 Å². The Morgan fingerprint density at radius 3 is 2.62 bits per heavy atom. The van der Waals surface area contributed by atoms with E-state index in [4.69, 9.17) is 4.74 Å². The molecule has 3 heterocycles. The fourth-order valence-corrected chi connectivity index (χ4v) is 5.01. The number of hydrogen-bond donors (Lipinski definition) is 0. The molecule has 3 fully saturated rings. The van der Waals surface area contributed by atoms with Crippen molar-refractivity contribution in [2.45, 2.75) is 70.0 Å². The first-order valence-corrected chi connectivity index (χ1v) is 10.0. The van der Waals surface area contributed by atoms with Gasteiger partial charge < -0.3 is 4.74 Å². The molecule has 3 aliphatic rings. The van der Waals surface area contributed by atoms with Crippen molar-refractivity contribution >= 4 is 0 Å². The Morgan fingerprint density at radius 1 is 0.958 bits per heavy atom. The van der Waals surface area contributed by atoms with Gasteiger partial charge in [0.05, 0.1) is 0 Å². The second-order valence-electron chi connectivity index (χ2n) is 7.93. The summed E-state index contributed by atoms with van der Waals surface area (Å²) >= 11 is 0. The molecule has 3 atom stereocenters. The maximum Gasteiger partial charge on any atom is 0.119 e. The third-order valence-electron chi connectivity index (χ3n) is 6.45. The van der Waals surface area contributed by atoms with Crippen molar-refractivity contribution in [3.63, 3.8) is 0 Å². The molecule has 0 radical (unpaired) electrons. The highest BCUT2D eigenvalue weighted by molar-refractivity contribution is 5.30. The number of benzene rings is 1. The summed E-state index contributed by atoms with van der Waals surface area (Å²) in [6.45, 7) is 6.73. The van der Waals surface area contributed by atoms with Gasteiger partial charge in [-0.15, -0.1) is 0 Å². The molecule has 4 rings (SSSR count). The van der Waals surface area contributed by atoms with Gasteiger partial charge in [0.1, 0.15) is 12.4 Å². The molecule has 3 nitrogen and oxygen atoms in total. The predicted octanol–water partition coefficient (Wildman–Crippen LogP) is 4.24. The number of fused-ring (bicyclic) bond motifs is 1. The van der Waals surface area contributed by atoms with Crippen LogP contribution in [0.1, 0.15) is 63.5 Å². The van der Waals surface area contributed by atoms with Crippen LogP contribution in [0.2, 0.25) is 0 Å². The molecule has 0 aromatic heterocycles. The van der Waals surface area contributed by atoms with Gasteiger partial charge in [-0.3, -0.25) is 9.80 Å². The smallest absolute Gasteiger partial charge is 0.119 e. The highest BCUT2D eigenvalue weighted by Crippen LogP contribution is 2.40. The van der Waals surface area contributed by atoms with Gasteiger partial charge in [-0.2, -0.15) is 0 Å². The lowest BCUT2D eigenvalue weighted by Crippen LogP contribution is -2.35. The number of likely N-dealkylation sites (tertiary alicyclic amines) is 1. The van der Waals surface area contributed by atoms with Gasteiger partial charge in [0.25, 0.3) is 0 Å². The largest absolute Gasteiger partial charge is 0.492 e. The molecule has 3 heteroatoms. The summed E-state index contributed by atoms with van der Waals surface area (Å²) in [5.41, 5.74) is 1.49. The van der Waals surface area contributed by atoms with Crippen LogP contribution < -0.4 is 4.74 Å². The number of ether oxygens (including phenoxy) is 1. The topological polar surface area (TPSA) is 15.7 Å². The van der Waals surface area contributed by atoms with E-state index in [2.05, 4.69) is 41.0 Å². The van der Waals surface area contributed by atoms with Crippen LogP contribution in [0, 0.1) is 0 Å². The first-order chi connectivity index (χ1) is 11.8. The molecule has 132 valence electrons. The van der Waals surface area contributed by atoms with Gasteiger partial charge in [0, 0.05) is 24.7 Å². The van der Waals surface area contributed by atoms with Crippen LogP contribution in [-0.4, -0.2) is 48.1 Å². The SMILES string of the molecule is CC1CCCN1CCOc1ccc([C@H]2CC[C@H]3CCCCN32)cc1. The molecule has 0 spiro atoms. The standard InChI is InChI=1S/C21H32N2O/c1-17-5-4-13-22(17)15-16-24-20-10-7-18(8-11-20)21-12-9-19-6-2-3-14-23(19)21/h7-8,10-11,17,19,21H,2-6,9,12-16H2,1H3/t17?,19-,21-/m1/s1. The van der Waals surface area contributed by atoms with Crippen molar-refractivity contribution in [2.75, 3.05) is 26.2 Å². The van der Waals surface area contributed by atoms with Crippen LogP contribution in [0.5, 0.6) is 5.75 Å². The van der Waals surface area contributed by atoms with Crippen molar-refractivity contribution < 1.29 is 4.74 Å². The molecular weight excluding hydrogens is 296 g/mol. The summed E-state index contributed by atoms with van der Waals surface area (Å²) in [5, 5.41) is 0. The fourth-order valence-electron chi connectivity index (χ4n) is 5.01. The molecule has 1 aromatic carbocycles. The van der Waals surface area contributed by atoms with Gasteiger partial charge in [-0.25, -0.2) is 0 Å². The van der Waals surface area contributed by atoms with Crippen molar-refractivity contribution in [1.82, 2.24) is 9.80 Å². The zero-order chi connectivity index (χ0) is 16.4. The van der Waals surface area contributed by atoms with E-state index in [0.717, 1.165) is 31.0 Å². The number of piperidine rings is 1. The first kappa shape index (κ1) is 16.4. The summed E-state index contributed by atoms with van der Waals surface area (Å²) in [6, 6.07) is 11.2. The number of nitrogens with zero attached hydrogens (tertiary/aromatic N) is 2. The van der Waals surface area contributed by atoms with Gasteiger partial charge in [-0.1, -0.05) is 18.6 Å². The van der Waals surface area contributed by atoms with Crippen molar-refractivity contribution in [2.24, 2.45) is 0 Å². The summed E-state index contributed by atoms with van der Waals surface area (Å²) in [7, 11) is 0. The van der Waals surface area contributed by atoms with E-state index in [0.29, 0.717) is 6.04 Å². The van der Waals surface area contributed by atoms with E-state index in [-0.39, 0.29) is 0 Å². The molecule has 0 N–H and O–H groups in total. The van der Waals surface area contributed by atoms with Crippen LogP contribution in [0.4, 0.5) is 0 Å². The molecule has 24 heavy (non-hydrogen) atoms. The molecule has 0 bridgehead atoms. The molecule has 0 amide bonds. The van der Waals surface area contributed by atoms with Gasteiger partial charge >= 0.3 is 0 Å². The molecule has 0 saturated carbocycles. The normalized spacial score (nSPS) is 31.3. The Balaban J connectivity index is 1.30. The summed E-state index contributed by atoms with van der Waals surface area (Å²) < 4.78 is 5.99. The van der Waals surface area contributed by atoms with E-state index >= 15 is 0 Å². The molecule has 0 aliphatic carbocycles. The van der Waals surface area contributed by atoms with Crippen LogP contribution in [0.15, 0.2) is 24.3 Å². The lowest BCUT2D eigenvalue weighted by Gasteiger charge is -2.34. The van der Waals surface area contributed by atoms with E-state index < -0.39 is 0 Å². The third kappa shape index (κ3) is 3.48. The minimum atomic E-state index is 0.648. The van der Waals surface area contributed by atoms with Gasteiger partial charge in [0.2, 0.25) is 0 Å². The highest BCUT2D eigenvalue weighted by atomic mass is 16.5. The zero-order valence-electron chi connectivity index (χ0n) is 15.1. The zero-order valence-corrected chi connectivity index (χ0v) is 15.1. The Morgan fingerprint density at radius 2 is 1.83 bits per heavy atom. The average molecular weight is 329 g/mol. The monoisotopic (exact) mass is 328 g/mol. The second-order valence-corrected chi connectivity index (χ2v) is 7.93. The van der Waals surface area contributed by atoms with Gasteiger partial charge in [0.15, 0.2) is 0 Å². The molecule has 1 aromatic rings. The molecule has 1 unspecified atom stereocenters. The molecular formula is C21H32N2O. The van der Waals surface area contributed by atoms with Crippen molar-refractivity contribution in [1.29, 1.82) is 0 Å². The van der Waals surface area contributed by atoms with Crippen molar-refractivity contribution in [3.8, 4) is 5.75 Å². The number of rotatable bonds is 5. The maximum absolute atomic E-state index is 5.99. The predicted molar refractivity (Wildman–Crippen MR) is 98.5 cm³/mol. The molecule has 3 aliphatic heterocycles. The minimum absolute atomic E-state index is 0.648. The van der Waals surface area contributed by atoms with E-state index in [1.165, 1.54) is 63.6 Å². The van der Waals surface area contributed by atoms with Crippen LogP contribution in [0.25, 0.3) is 0 Å². The molecule has 3 saturated heterocycles. The Hall–Kier alpha value is -1.06. The number of hydrogen-bond acceptors (Lipinski definition) is 3. The maximum atomic E-state index is 5.99. The third-order valence-corrected chi connectivity index (χ3v) is 6.45. The quantitative estimate of drug-likeness (QED) is 0.804. The second kappa shape index (κ2) is 7.45. The fraction of sp³-hybridized carbons (Fsp3) is 0.714. The van der Waals surface area contributed by atoms with Crippen LogP contribution in [0.3, 0.4) is 0 Å². The lowest BCUT2D eigenvalue weighted by molar-refractivity contribution is 0.150. The van der Waals surface area contributed by atoms with Crippen LogP contribution in [-0.2, 0) is 0 Å². The average Bonchev–Trinajstić information content (AvgIpc) is 3.22. The summed E-state index contributed by atoms with van der Waals surface area (Å²) in [6.07, 6.45) is 9.61. The van der Waals surface area contributed by atoms with Gasteiger partial charge in [-0.05, 0) is 76.2 Å². The Labute approximate surface area is 147 Å². The van der Waals surface area contributed by atoms with Crippen molar-refractivity contribution in [3.05, 3.63) is 29.8 Å². The first-order valence-electron chi connectivity index (χ1n) is 10.0. The summed E-state index contributed by atoms with van der Waals surface area (Å²) in [5.74, 6) is 1.03. The van der Waals surface area contributed by atoms with E-state index in [1.54, 1.807) is 0 Å². The highest BCUT2D eigenvalue weighted by Gasteiger charge is 2.35.